The molecule has 1 fully saturated rings. The Kier molecular flexibility index (Phi) is 4.05. The van der Waals surface area contributed by atoms with E-state index in [9.17, 15) is 5.11 Å². The highest BCUT2D eigenvalue weighted by atomic mass is 16.7. The van der Waals surface area contributed by atoms with Gasteiger partial charge in [0.2, 0.25) is 0 Å². The Bertz CT molecular complexity index is 375. The quantitative estimate of drug-likeness (QED) is 0.893. The van der Waals surface area contributed by atoms with Crippen LogP contribution in [0, 0.1) is 5.41 Å². The van der Waals surface area contributed by atoms with Crippen LogP contribution in [0.4, 0.5) is 0 Å². The van der Waals surface area contributed by atoms with Crippen LogP contribution in [0.5, 0.6) is 0 Å². The Balaban J connectivity index is 2.05. The highest BCUT2D eigenvalue weighted by Gasteiger charge is 2.42. The number of aliphatic hydroxyl groups excluding tert-OH is 1. The summed E-state index contributed by atoms with van der Waals surface area (Å²) in [6.07, 6.45) is -0.0270. The fourth-order valence-electron chi connectivity index (χ4n) is 2.32. The molecule has 0 aliphatic carbocycles. The summed E-state index contributed by atoms with van der Waals surface area (Å²) < 4.78 is 11.7. The van der Waals surface area contributed by atoms with Crippen LogP contribution in [-0.4, -0.2) is 23.9 Å². The lowest BCUT2D eigenvalue weighted by molar-refractivity contribution is -0.105. The summed E-state index contributed by atoms with van der Waals surface area (Å²) in [5.74, 6) is 0. The molecule has 1 aliphatic rings. The molecule has 0 aromatic heterocycles. The van der Waals surface area contributed by atoms with Crippen LogP contribution in [0.15, 0.2) is 30.3 Å². The molecule has 3 heteroatoms. The third-order valence-corrected chi connectivity index (χ3v) is 3.83. The smallest absolute Gasteiger partial charge is 0.184 e. The van der Waals surface area contributed by atoms with Gasteiger partial charge in [0.1, 0.15) is 0 Å². The molecule has 1 aliphatic heterocycles. The molecule has 1 saturated heterocycles. The lowest BCUT2D eigenvalue weighted by Crippen LogP contribution is -2.41. The van der Waals surface area contributed by atoms with Crippen molar-refractivity contribution in [1.29, 1.82) is 0 Å². The lowest BCUT2D eigenvalue weighted by Gasteiger charge is -2.34. The first kappa shape index (κ1) is 13.5. The summed E-state index contributed by atoms with van der Waals surface area (Å²) in [5.41, 5.74) is 0.736. The summed E-state index contributed by atoms with van der Waals surface area (Å²) in [7, 11) is 0. The number of hydrogen-bond acceptors (Lipinski definition) is 3. The van der Waals surface area contributed by atoms with Gasteiger partial charge in [0.05, 0.1) is 18.8 Å². The van der Waals surface area contributed by atoms with Gasteiger partial charge in [-0.05, 0) is 6.42 Å². The molecule has 3 nitrogen and oxygen atoms in total. The van der Waals surface area contributed by atoms with Crippen molar-refractivity contribution in [1.82, 2.24) is 0 Å². The first-order valence-corrected chi connectivity index (χ1v) is 6.55. The Morgan fingerprint density at radius 2 is 2.00 bits per heavy atom. The van der Waals surface area contributed by atoms with E-state index in [0.29, 0.717) is 6.61 Å². The molecule has 0 spiro atoms. The lowest BCUT2D eigenvalue weighted by atomic mass is 9.80. The monoisotopic (exact) mass is 250 g/mol. The minimum Gasteiger partial charge on any atom is -0.392 e. The molecule has 1 aromatic carbocycles. The third kappa shape index (κ3) is 2.58. The molecule has 100 valence electrons. The number of rotatable bonds is 4. The molecule has 0 bridgehead atoms. The fourth-order valence-corrected chi connectivity index (χ4v) is 2.32. The van der Waals surface area contributed by atoms with Gasteiger partial charge in [0, 0.05) is 11.0 Å². The SMILES string of the molecule is CCC(O)C(C)(C)[C@@H]1COC(c2ccccc2)O1. The first-order chi connectivity index (χ1) is 8.55. The van der Waals surface area contributed by atoms with Crippen molar-refractivity contribution in [3.8, 4) is 0 Å². The average Bonchev–Trinajstić information content (AvgIpc) is 2.89. The van der Waals surface area contributed by atoms with Crippen LogP contribution in [0.2, 0.25) is 0 Å². The van der Waals surface area contributed by atoms with E-state index in [1.54, 1.807) is 0 Å². The Labute approximate surface area is 109 Å². The van der Waals surface area contributed by atoms with Gasteiger partial charge >= 0.3 is 0 Å². The molecular weight excluding hydrogens is 228 g/mol. The number of benzene rings is 1. The summed E-state index contributed by atoms with van der Waals surface area (Å²) in [4.78, 5) is 0. The zero-order valence-electron chi connectivity index (χ0n) is 11.3. The zero-order chi connectivity index (χ0) is 13.2. The predicted octanol–water partition coefficient (Wildman–Crippen LogP) is 2.90. The maximum atomic E-state index is 10.1. The molecule has 2 rings (SSSR count). The topological polar surface area (TPSA) is 38.7 Å². The van der Waals surface area contributed by atoms with Gasteiger partial charge in [-0.3, -0.25) is 0 Å². The highest BCUT2D eigenvalue weighted by Crippen LogP contribution is 2.38. The second kappa shape index (κ2) is 5.39. The number of hydrogen-bond donors (Lipinski definition) is 1. The van der Waals surface area contributed by atoms with E-state index in [1.165, 1.54) is 0 Å². The second-order valence-corrected chi connectivity index (χ2v) is 5.45. The molecule has 0 saturated carbocycles. The van der Waals surface area contributed by atoms with Crippen molar-refractivity contribution in [2.24, 2.45) is 5.41 Å². The van der Waals surface area contributed by atoms with Gasteiger partial charge < -0.3 is 14.6 Å². The zero-order valence-corrected chi connectivity index (χ0v) is 11.3. The average molecular weight is 250 g/mol. The molecule has 2 unspecified atom stereocenters. The van der Waals surface area contributed by atoms with E-state index in [0.717, 1.165) is 12.0 Å². The molecule has 3 atom stereocenters. The van der Waals surface area contributed by atoms with Gasteiger partial charge in [-0.15, -0.1) is 0 Å². The molecule has 18 heavy (non-hydrogen) atoms. The summed E-state index contributed by atoms with van der Waals surface area (Å²) in [6, 6.07) is 9.91. The molecule has 1 heterocycles. The van der Waals surface area contributed by atoms with Crippen LogP contribution in [-0.2, 0) is 9.47 Å². The normalized spacial score (nSPS) is 26.2. The molecule has 0 amide bonds. The molecular formula is C15H22O3. The molecule has 1 N–H and O–H groups in total. The summed E-state index contributed by atoms with van der Waals surface area (Å²) in [6.45, 7) is 6.58. The van der Waals surface area contributed by atoms with Crippen molar-refractivity contribution in [3.05, 3.63) is 35.9 Å². The van der Waals surface area contributed by atoms with Crippen molar-refractivity contribution in [2.45, 2.75) is 45.7 Å². The Morgan fingerprint density at radius 1 is 1.33 bits per heavy atom. The van der Waals surface area contributed by atoms with Crippen molar-refractivity contribution < 1.29 is 14.6 Å². The second-order valence-electron chi connectivity index (χ2n) is 5.45. The minimum atomic E-state index is -0.374. The van der Waals surface area contributed by atoms with Gasteiger partial charge in [-0.1, -0.05) is 51.1 Å². The maximum Gasteiger partial charge on any atom is 0.184 e. The van der Waals surface area contributed by atoms with Crippen molar-refractivity contribution in [2.75, 3.05) is 6.61 Å². The maximum absolute atomic E-state index is 10.1. The van der Waals surface area contributed by atoms with E-state index in [4.69, 9.17) is 9.47 Å². The van der Waals surface area contributed by atoms with E-state index in [2.05, 4.69) is 0 Å². The highest BCUT2D eigenvalue weighted by molar-refractivity contribution is 5.16. The van der Waals surface area contributed by atoms with E-state index >= 15 is 0 Å². The first-order valence-electron chi connectivity index (χ1n) is 6.55. The summed E-state index contributed by atoms with van der Waals surface area (Å²) in [5, 5.41) is 10.1. The fraction of sp³-hybridized carbons (Fsp3) is 0.600. The Hall–Kier alpha value is -0.900. The van der Waals surface area contributed by atoms with Crippen LogP contribution < -0.4 is 0 Å². The molecule has 0 radical (unpaired) electrons. The van der Waals surface area contributed by atoms with Gasteiger partial charge in [-0.2, -0.15) is 0 Å². The van der Waals surface area contributed by atoms with E-state index in [-0.39, 0.29) is 23.9 Å². The third-order valence-electron chi connectivity index (χ3n) is 3.83. The van der Waals surface area contributed by atoms with Crippen LogP contribution in [0.1, 0.15) is 39.0 Å². The standard InChI is InChI=1S/C15H22O3/c1-4-12(16)15(2,3)13-10-17-14(18-13)11-8-6-5-7-9-11/h5-9,12-14,16H,4,10H2,1-3H3/t12?,13-,14?/m0/s1. The van der Waals surface area contributed by atoms with Crippen molar-refractivity contribution >= 4 is 0 Å². The molecule has 1 aromatic rings. The minimum absolute atomic E-state index is 0.0716. The van der Waals surface area contributed by atoms with E-state index < -0.39 is 0 Å². The van der Waals surface area contributed by atoms with E-state index in [1.807, 2.05) is 51.1 Å². The van der Waals surface area contributed by atoms with Gasteiger partial charge in [0.25, 0.3) is 0 Å². The van der Waals surface area contributed by atoms with Crippen molar-refractivity contribution in [3.63, 3.8) is 0 Å². The summed E-state index contributed by atoms with van der Waals surface area (Å²) >= 11 is 0. The number of ether oxygens (including phenoxy) is 2. The van der Waals surface area contributed by atoms with Crippen LogP contribution >= 0.6 is 0 Å². The van der Waals surface area contributed by atoms with Gasteiger partial charge in [0.15, 0.2) is 6.29 Å². The van der Waals surface area contributed by atoms with Crippen LogP contribution in [0.25, 0.3) is 0 Å². The number of aliphatic hydroxyl groups is 1. The van der Waals surface area contributed by atoms with Crippen LogP contribution in [0.3, 0.4) is 0 Å². The predicted molar refractivity (Wildman–Crippen MR) is 70.1 cm³/mol. The largest absolute Gasteiger partial charge is 0.392 e. The van der Waals surface area contributed by atoms with Gasteiger partial charge in [-0.25, -0.2) is 0 Å². The Morgan fingerprint density at radius 3 is 2.61 bits per heavy atom.